The summed E-state index contributed by atoms with van der Waals surface area (Å²) in [4.78, 5) is 8.52. The van der Waals surface area contributed by atoms with Gasteiger partial charge in [0.1, 0.15) is 10.6 Å². The molecule has 1 aromatic carbocycles. The van der Waals surface area contributed by atoms with Crippen molar-refractivity contribution in [2.45, 2.75) is 4.90 Å². The summed E-state index contributed by atoms with van der Waals surface area (Å²) < 4.78 is 29.8. The van der Waals surface area contributed by atoms with Gasteiger partial charge in [-0.3, -0.25) is 14.7 Å². The summed E-state index contributed by atoms with van der Waals surface area (Å²) in [5.74, 6) is -0.738. The summed E-state index contributed by atoms with van der Waals surface area (Å²) in [6.07, 6.45) is 0. The first-order valence-electron chi connectivity index (χ1n) is 3.27. The number of hydrogen-bond acceptors (Lipinski definition) is 5. The number of phenolic OH excluding ortho intramolecular Hbond substituents is 1. The number of benzene rings is 1. The van der Waals surface area contributed by atoms with E-state index in [-0.39, 0.29) is 59.1 Å². The zero-order valence-corrected chi connectivity index (χ0v) is 13.4. The molecule has 7 nitrogen and oxygen atoms in total. The zero-order valence-electron chi connectivity index (χ0n) is 8.61. The van der Waals surface area contributed by atoms with Gasteiger partial charge in [-0.05, 0) is 6.07 Å². The molecular weight excluding hydrogens is 260 g/mol. The molecule has 76 valence electrons. The minimum Gasteiger partial charge on any atom is -0.506 e. The van der Waals surface area contributed by atoms with E-state index in [4.69, 9.17) is 9.66 Å². The second-order valence-electron chi connectivity index (χ2n) is 2.38. The van der Waals surface area contributed by atoms with Crippen LogP contribution in [0.2, 0.25) is 0 Å². The molecule has 0 atom stereocenters. The molecule has 1 aromatic rings. The maximum Gasteiger partial charge on any atom is 1.00 e. The quantitative estimate of drug-likeness (QED) is 0.238. The average Bonchev–Trinajstić information content (AvgIpc) is 2.02. The molecule has 10 heteroatoms. The Labute approximate surface area is 135 Å². The van der Waals surface area contributed by atoms with Crippen molar-refractivity contribution in [3.63, 3.8) is 0 Å². The van der Waals surface area contributed by atoms with Crippen molar-refractivity contribution in [3.8, 4) is 5.75 Å². The summed E-state index contributed by atoms with van der Waals surface area (Å²) in [7, 11) is -4.64. The first kappa shape index (κ1) is 18.7. The predicted octanol–water partition coefficient (Wildman–Crippen LogP) is -5.44. The second-order valence-corrected chi connectivity index (χ2v) is 3.77. The Bertz CT molecular complexity index is 488. The Balaban J connectivity index is 0. The standard InChI is InChI=1S/C6H5NO6S.2Na/c8-5-2-1-4(7(9)10)3-6(5)14(11,12)13;;/h1-3,8H,(H,11,12,13);;/q;2*+1. The molecule has 1 rings (SSSR count). The Morgan fingerprint density at radius 2 is 1.75 bits per heavy atom. The third-order valence-electron chi connectivity index (χ3n) is 1.43. The van der Waals surface area contributed by atoms with Crippen molar-refractivity contribution >= 4 is 15.8 Å². The van der Waals surface area contributed by atoms with Crippen molar-refractivity contribution in [1.82, 2.24) is 0 Å². The molecule has 2 N–H and O–H groups in total. The van der Waals surface area contributed by atoms with E-state index < -0.39 is 31.4 Å². The molecule has 0 aliphatic carbocycles. The molecule has 0 bridgehead atoms. The molecule has 0 aromatic heterocycles. The molecule has 0 radical (unpaired) electrons. The molecule has 16 heavy (non-hydrogen) atoms. The van der Waals surface area contributed by atoms with Gasteiger partial charge in [0, 0.05) is 12.1 Å². The number of aromatic hydroxyl groups is 1. The summed E-state index contributed by atoms with van der Waals surface area (Å²) in [5.41, 5.74) is -0.532. The average molecular weight is 265 g/mol. The number of nitro benzene ring substituents is 1. The largest absolute Gasteiger partial charge is 1.00 e. The molecule has 0 aliphatic heterocycles. The molecule has 0 unspecified atom stereocenters. The van der Waals surface area contributed by atoms with E-state index in [2.05, 4.69) is 0 Å². The van der Waals surface area contributed by atoms with Crippen LogP contribution in [-0.2, 0) is 10.1 Å². The van der Waals surface area contributed by atoms with E-state index >= 15 is 0 Å². The van der Waals surface area contributed by atoms with Crippen LogP contribution in [0.4, 0.5) is 5.69 Å². The van der Waals surface area contributed by atoms with Crippen LogP contribution in [-0.4, -0.2) is 23.0 Å². The van der Waals surface area contributed by atoms with Crippen LogP contribution in [0.1, 0.15) is 0 Å². The van der Waals surface area contributed by atoms with Gasteiger partial charge in [0.05, 0.1) is 4.92 Å². The van der Waals surface area contributed by atoms with E-state index in [0.717, 1.165) is 12.1 Å². The van der Waals surface area contributed by atoms with Crippen LogP contribution in [0.5, 0.6) is 5.75 Å². The fourth-order valence-corrected chi connectivity index (χ4v) is 1.42. The van der Waals surface area contributed by atoms with Crippen LogP contribution in [0.3, 0.4) is 0 Å². The van der Waals surface area contributed by atoms with E-state index in [1.165, 1.54) is 0 Å². The van der Waals surface area contributed by atoms with Crippen LogP contribution >= 0.6 is 0 Å². The topological polar surface area (TPSA) is 118 Å². The number of non-ortho nitro benzene ring substituents is 1. The molecular formula is C6H5NNa2O6S+2. The molecule has 0 saturated carbocycles. The van der Waals surface area contributed by atoms with Crippen LogP contribution in [0.25, 0.3) is 0 Å². The number of phenols is 1. The summed E-state index contributed by atoms with van der Waals surface area (Å²) >= 11 is 0. The minimum atomic E-state index is -4.64. The van der Waals surface area contributed by atoms with Crippen LogP contribution in [0.15, 0.2) is 23.1 Å². The Morgan fingerprint density at radius 3 is 2.12 bits per heavy atom. The van der Waals surface area contributed by atoms with Gasteiger partial charge in [-0.15, -0.1) is 0 Å². The number of nitro groups is 1. The van der Waals surface area contributed by atoms with Gasteiger partial charge >= 0.3 is 59.1 Å². The SMILES string of the molecule is O=[N+]([O-])c1ccc(O)c(S(=O)(=O)O)c1.[Na+].[Na+]. The fourth-order valence-electron chi connectivity index (χ4n) is 0.823. The summed E-state index contributed by atoms with van der Waals surface area (Å²) in [6.45, 7) is 0. The van der Waals surface area contributed by atoms with Crippen molar-refractivity contribution in [1.29, 1.82) is 0 Å². The van der Waals surface area contributed by atoms with Crippen molar-refractivity contribution < 1.29 is 82.1 Å². The molecule has 0 aliphatic rings. The van der Waals surface area contributed by atoms with Crippen LogP contribution in [0, 0.1) is 10.1 Å². The first-order chi connectivity index (χ1) is 6.32. The van der Waals surface area contributed by atoms with Crippen molar-refractivity contribution in [3.05, 3.63) is 28.3 Å². The van der Waals surface area contributed by atoms with E-state index in [1.54, 1.807) is 0 Å². The van der Waals surface area contributed by atoms with Gasteiger partial charge in [0.15, 0.2) is 0 Å². The third-order valence-corrected chi connectivity index (χ3v) is 2.31. The molecule has 0 fully saturated rings. The third kappa shape index (κ3) is 4.68. The van der Waals surface area contributed by atoms with Crippen molar-refractivity contribution in [2.75, 3.05) is 0 Å². The van der Waals surface area contributed by atoms with E-state index in [1.807, 2.05) is 0 Å². The number of rotatable bonds is 2. The Kier molecular flexibility index (Phi) is 8.08. The smallest absolute Gasteiger partial charge is 0.506 e. The summed E-state index contributed by atoms with van der Waals surface area (Å²) in [6, 6.07) is 2.32. The second kappa shape index (κ2) is 6.92. The maximum atomic E-state index is 10.6. The van der Waals surface area contributed by atoms with Gasteiger partial charge in [-0.2, -0.15) is 8.42 Å². The first-order valence-corrected chi connectivity index (χ1v) is 4.71. The van der Waals surface area contributed by atoms with Gasteiger partial charge in [0.25, 0.3) is 15.8 Å². The fraction of sp³-hybridized carbons (Fsp3) is 0. The monoisotopic (exact) mass is 265 g/mol. The molecule has 0 heterocycles. The van der Waals surface area contributed by atoms with E-state index in [0.29, 0.717) is 6.07 Å². The molecule has 0 saturated heterocycles. The Morgan fingerprint density at radius 1 is 1.25 bits per heavy atom. The number of hydrogen-bond donors (Lipinski definition) is 2. The predicted molar refractivity (Wildman–Crippen MR) is 44.6 cm³/mol. The van der Waals surface area contributed by atoms with E-state index in [9.17, 15) is 18.5 Å². The normalized spacial score (nSPS) is 9.81. The Hall–Kier alpha value is 0.330. The van der Waals surface area contributed by atoms with Gasteiger partial charge in [-0.1, -0.05) is 0 Å². The molecule has 0 spiro atoms. The van der Waals surface area contributed by atoms with Crippen LogP contribution < -0.4 is 59.1 Å². The van der Waals surface area contributed by atoms with Gasteiger partial charge in [0.2, 0.25) is 0 Å². The van der Waals surface area contributed by atoms with Gasteiger partial charge in [-0.25, -0.2) is 0 Å². The zero-order chi connectivity index (χ0) is 10.9. The van der Waals surface area contributed by atoms with Crippen molar-refractivity contribution in [2.24, 2.45) is 0 Å². The maximum absolute atomic E-state index is 10.6. The minimum absolute atomic E-state index is 0. The summed E-state index contributed by atoms with van der Waals surface area (Å²) in [5, 5.41) is 19.2. The van der Waals surface area contributed by atoms with Gasteiger partial charge < -0.3 is 5.11 Å². The molecule has 0 amide bonds. The number of nitrogens with zero attached hydrogens (tertiary/aromatic N) is 1.